The third-order valence-electron chi connectivity index (χ3n) is 18.9. The van der Waals surface area contributed by atoms with Crippen LogP contribution in [0.3, 0.4) is 0 Å². The average Bonchev–Trinajstić information content (AvgIpc) is 1.55. The van der Waals surface area contributed by atoms with Crippen LogP contribution < -0.4 is 14.2 Å². The van der Waals surface area contributed by atoms with E-state index in [9.17, 15) is 0 Å². The number of imidazole rings is 1. The summed E-state index contributed by atoms with van der Waals surface area (Å²) < 4.78 is 25.2. The average molecular weight is 1740 g/mol. The van der Waals surface area contributed by atoms with E-state index in [-0.39, 0.29) is 42.1 Å². The monoisotopic (exact) mass is 1740 g/mol. The Labute approximate surface area is 647 Å². The maximum absolute atomic E-state index is 6.28. The Morgan fingerprint density at radius 3 is 1.41 bits per heavy atom. The van der Waals surface area contributed by atoms with Crippen LogP contribution in [0.5, 0.6) is 35.0 Å². The molecule has 0 unspecified atom stereocenters. The van der Waals surface area contributed by atoms with Crippen LogP contribution in [0, 0.1) is 24.3 Å². The first kappa shape index (κ1) is 68.6. The standard InChI is InChI=1S/C61H39N5O.C34H22N2O2.2Pt/c1-64-55-20-9-8-19-54(55)63-61(64)66-57-36-47(45-28-24-43(25-29-45)41-15-6-3-7-16-41)31-33-51(57)53-38-52-50-32-30-46(44-26-22-42(23-27-44)40-13-4-2-5-14-40)35-56(50)65(58(52)39-59(53)66)48-17-12-18-49(37-48)67-60-21-10-11-34-62-60;1-4-12-25(13-5-1)28-18-10-19-30(22-28)37-32-20-11-21-33(36-32)38-34-24-29(26-14-6-2-7-15-26)23-31(35-34)27-16-8-3-9-17-27;;/h2-36,38H,1H3;1-16,18,20-24H;;/q2*-2;2*+2. The number of para-hydroxylation sites is 2. The largest absolute Gasteiger partial charge is 2.00 e. The van der Waals surface area contributed by atoms with Crippen LogP contribution in [-0.2, 0) is 49.2 Å². The number of nitrogens with zero attached hydrogens (tertiary/aromatic N) is 7. The first-order valence-corrected chi connectivity index (χ1v) is 34.7. The Kier molecular flexibility index (Phi) is 19.5. The van der Waals surface area contributed by atoms with E-state index in [2.05, 4.69) is 255 Å². The van der Waals surface area contributed by atoms with E-state index in [1.807, 2.05) is 133 Å². The van der Waals surface area contributed by atoms with Crippen molar-refractivity contribution in [2.24, 2.45) is 7.05 Å². The van der Waals surface area contributed by atoms with Crippen molar-refractivity contribution in [3.8, 4) is 125 Å². The van der Waals surface area contributed by atoms with E-state index in [1.165, 1.54) is 22.3 Å². The number of benzene rings is 13. The van der Waals surface area contributed by atoms with Crippen LogP contribution in [0.4, 0.5) is 0 Å². The van der Waals surface area contributed by atoms with Gasteiger partial charge in [-0.3, -0.25) is 4.98 Å². The minimum absolute atomic E-state index is 0. The van der Waals surface area contributed by atoms with Crippen molar-refractivity contribution < 1.29 is 56.3 Å². The summed E-state index contributed by atoms with van der Waals surface area (Å²) in [4.78, 5) is 19.0. The second-order valence-electron chi connectivity index (χ2n) is 25.5. The maximum Gasteiger partial charge on any atom is 2.00 e. The Hall–Kier alpha value is -12.8. The van der Waals surface area contributed by atoms with E-state index in [1.54, 1.807) is 18.3 Å². The molecule has 0 fully saturated rings. The minimum Gasteiger partial charge on any atom is -0.466 e. The molecule has 107 heavy (non-hydrogen) atoms. The third-order valence-corrected chi connectivity index (χ3v) is 18.9. The second kappa shape index (κ2) is 30.5. The van der Waals surface area contributed by atoms with Gasteiger partial charge in [-0.1, -0.05) is 241 Å². The van der Waals surface area contributed by atoms with Gasteiger partial charge in [-0.15, -0.1) is 88.6 Å². The van der Waals surface area contributed by atoms with Crippen LogP contribution in [-0.4, -0.2) is 33.6 Å². The Morgan fingerprint density at radius 2 is 0.804 bits per heavy atom. The molecule has 514 valence electrons. The fraction of sp³-hybridized carbons (Fsp3) is 0.0105. The fourth-order valence-electron chi connectivity index (χ4n) is 13.8. The summed E-state index contributed by atoms with van der Waals surface area (Å²) in [6, 6.07) is 132. The van der Waals surface area contributed by atoms with Crippen molar-refractivity contribution in [2.75, 3.05) is 0 Å². The molecule has 0 radical (unpaired) electrons. The smallest absolute Gasteiger partial charge is 0.466 e. The van der Waals surface area contributed by atoms with Gasteiger partial charge in [-0.05, 0) is 108 Å². The molecule has 10 nitrogen and oxygen atoms in total. The fourth-order valence-corrected chi connectivity index (χ4v) is 13.8. The predicted molar refractivity (Wildman–Crippen MR) is 422 cm³/mol. The molecule has 13 aromatic carbocycles. The van der Waals surface area contributed by atoms with Crippen molar-refractivity contribution in [1.29, 1.82) is 0 Å². The molecule has 12 heteroatoms. The molecule has 0 saturated heterocycles. The molecular weight excluding hydrogens is 1680 g/mol. The number of rotatable bonds is 15. The number of aromatic nitrogens is 7. The second-order valence-corrected chi connectivity index (χ2v) is 25.5. The summed E-state index contributed by atoms with van der Waals surface area (Å²) in [6.45, 7) is 0. The molecule has 6 heterocycles. The number of aryl methyl sites for hydroxylation is 1. The van der Waals surface area contributed by atoms with Crippen molar-refractivity contribution in [2.45, 2.75) is 0 Å². The molecule has 0 spiro atoms. The number of ether oxygens (including phenoxy) is 3. The van der Waals surface area contributed by atoms with Gasteiger partial charge in [0.25, 0.3) is 0 Å². The van der Waals surface area contributed by atoms with E-state index in [0.717, 1.165) is 122 Å². The molecule has 0 amide bonds. The predicted octanol–water partition coefficient (Wildman–Crippen LogP) is 23.9. The van der Waals surface area contributed by atoms with Gasteiger partial charge in [0.05, 0.1) is 11.0 Å². The van der Waals surface area contributed by atoms with Gasteiger partial charge in [0.15, 0.2) is 0 Å². The summed E-state index contributed by atoms with van der Waals surface area (Å²) in [5, 5.41) is 4.41. The maximum atomic E-state index is 6.28. The normalized spacial score (nSPS) is 11.1. The Balaban J connectivity index is 0.000000186. The first-order valence-electron chi connectivity index (χ1n) is 34.7. The van der Waals surface area contributed by atoms with Crippen LogP contribution in [0.25, 0.3) is 144 Å². The minimum atomic E-state index is 0. The van der Waals surface area contributed by atoms with Crippen LogP contribution in [0.2, 0.25) is 0 Å². The van der Waals surface area contributed by atoms with Gasteiger partial charge in [-0.25, -0.2) is 9.97 Å². The molecule has 0 aliphatic rings. The summed E-state index contributed by atoms with van der Waals surface area (Å²) in [5.41, 5.74) is 21.9. The number of hydrogen-bond acceptors (Lipinski definition) is 7. The zero-order valence-electron chi connectivity index (χ0n) is 57.5. The number of hydrogen-bond donors (Lipinski definition) is 0. The SMILES string of the molecule is Cn1c(-n2c3[c-]c4c(cc3c3ccc(-c5ccc(-c6ccccc6)cc5)cc32)c2ccc(-c3ccc(-c5ccccc5)cc3)cc2n4-c2[c-]c(Oc3ccccn3)ccc2)nc2ccccc21.[Pt+2].[Pt+2].[c-]1ccc(-c2ccccc2)cc1Oc1cccc(Oc2cc(-c3ccccc3)cc(-c3[c-]cccc3)n2)n1. The summed E-state index contributed by atoms with van der Waals surface area (Å²) in [5.74, 6) is 3.67. The zero-order chi connectivity index (χ0) is 70.0. The summed E-state index contributed by atoms with van der Waals surface area (Å²) >= 11 is 0. The molecule has 0 aliphatic heterocycles. The van der Waals surface area contributed by atoms with E-state index >= 15 is 0 Å². The van der Waals surface area contributed by atoms with E-state index in [0.29, 0.717) is 35.0 Å². The van der Waals surface area contributed by atoms with Crippen molar-refractivity contribution >= 4 is 54.6 Å². The van der Waals surface area contributed by atoms with Crippen molar-refractivity contribution in [3.05, 3.63) is 376 Å². The van der Waals surface area contributed by atoms with Crippen LogP contribution in [0.1, 0.15) is 0 Å². The van der Waals surface area contributed by atoms with Gasteiger partial charge in [0.2, 0.25) is 29.5 Å². The molecular formula is C95H61N7O3Pt2. The van der Waals surface area contributed by atoms with Crippen molar-refractivity contribution in [3.63, 3.8) is 0 Å². The van der Waals surface area contributed by atoms with E-state index in [4.69, 9.17) is 24.2 Å². The van der Waals surface area contributed by atoms with Crippen LogP contribution >= 0.6 is 0 Å². The molecule has 0 aliphatic carbocycles. The molecule has 0 bridgehead atoms. The van der Waals surface area contributed by atoms with Gasteiger partial charge in [0, 0.05) is 60.0 Å². The Morgan fingerprint density at radius 1 is 0.299 bits per heavy atom. The topological polar surface area (TPSA) is 94.0 Å². The first-order chi connectivity index (χ1) is 51.9. The summed E-state index contributed by atoms with van der Waals surface area (Å²) in [7, 11) is 2.10. The summed E-state index contributed by atoms with van der Waals surface area (Å²) in [6.07, 6.45) is 1.73. The number of pyridine rings is 3. The molecule has 19 rings (SSSR count). The van der Waals surface area contributed by atoms with Gasteiger partial charge < -0.3 is 27.9 Å². The molecule has 0 saturated carbocycles. The van der Waals surface area contributed by atoms with Crippen LogP contribution in [0.15, 0.2) is 352 Å². The van der Waals surface area contributed by atoms with Gasteiger partial charge in [0.1, 0.15) is 0 Å². The number of fused-ring (bicyclic) bond motifs is 7. The third kappa shape index (κ3) is 14.1. The Bertz CT molecular complexity index is 6300. The molecule has 19 aromatic rings. The molecule has 0 atom stereocenters. The van der Waals surface area contributed by atoms with Crippen molar-refractivity contribution in [1.82, 2.24) is 33.6 Å². The van der Waals surface area contributed by atoms with Gasteiger partial charge in [-0.2, -0.15) is 29.2 Å². The molecule has 0 N–H and O–H groups in total. The molecule has 6 aromatic heterocycles. The van der Waals surface area contributed by atoms with E-state index < -0.39 is 0 Å². The quantitative estimate of drug-likeness (QED) is 0.0944. The van der Waals surface area contributed by atoms with Gasteiger partial charge >= 0.3 is 42.1 Å². The zero-order valence-corrected chi connectivity index (χ0v) is 62.0.